The second-order valence-electron chi connectivity index (χ2n) is 6.17. The molecule has 1 saturated heterocycles. The van der Waals surface area contributed by atoms with Crippen LogP contribution in [0.15, 0.2) is 60.2 Å². The molecule has 2 unspecified atom stereocenters. The first-order valence-corrected chi connectivity index (χ1v) is 9.55. The van der Waals surface area contributed by atoms with Crippen LogP contribution in [0.1, 0.15) is 23.4 Å². The van der Waals surface area contributed by atoms with Gasteiger partial charge in [-0.2, -0.15) is 0 Å². The van der Waals surface area contributed by atoms with Gasteiger partial charge in [-0.05, 0) is 30.2 Å². The summed E-state index contributed by atoms with van der Waals surface area (Å²) in [6.45, 7) is 2.65. The van der Waals surface area contributed by atoms with Crippen molar-refractivity contribution in [3.8, 4) is 0 Å². The molecule has 0 saturated carbocycles. The summed E-state index contributed by atoms with van der Waals surface area (Å²) < 4.78 is 0. The number of hydrogen-bond donors (Lipinski definition) is 1. The average Bonchev–Trinajstić information content (AvgIpc) is 2.99. The standard InChI is InChI=1S/C20H20ClNO2S/c1-14(10-15-6-3-2-4-7-15)12-22-18(20(23)24)13-25-19(22)16-8-5-9-17(21)11-16/h2-11,18-19H,12-13H2,1H3,(H,23,24)/b14-10+. The molecule has 130 valence electrons. The largest absolute Gasteiger partial charge is 0.480 e. The Labute approximate surface area is 157 Å². The molecule has 3 rings (SSSR count). The van der Waals surface area contributed by atoms with Crippen LogP contribution in [0.5, 0.6) is 0 Å². The molecule has 3 nitrogen and oxygen atoms in total. The Kier molecular flexibility index (Phi) is 5.84. The summed E-state index contributed by atoms with van der Waals surface area (Å²) in [4.78, 5) is 13.7. The molecule has 2 aromatic rings. The van der Waals surface area contributed by atoms with Crippen molar-refractivity contribution in [3.05, 3.63) is 76.3 Å². The molecule has 0 amide bonds. The lowest BCUT2D eigenvalue weighted by molar-refractivity contribution is -0.142. The molecule has 2 atom stereocenters. The van der Waals surface area contributed by atoms with Crippen LogP contribution in [0, 0.1) is 0 Å². The van der Waals surface area contributed by atoms with Gasteiger partial charge in [-0.25, -0.2) is 0 Å². The number of carbonyl (C=O) groups is 1. The first kappa shape index (κ1) is 18.1. The monoisotopic (exact) mass is 373 g/mol. The Morgan fingerprint density at radius 3 is 2.72 bits per heavy atom. The summed E-state index contributed by atoms with van der Waals surface area (Å²) in [5.41, 5.74) is 3.30. The van der Waals surface area contributed by atoms with Crippen LogP contribution in [0.2, 0.25) is 5.02 Å². The van der Waals surface area contributed by atoms with Crippen LogP contribution in [-0.2, 0) is 4.79 Å². The molecule has 0 radical (unpaired) electrons. The average molecular weight is 374 g/mol. The summed E-state index contributed by atoms with van der Waals surface area (Å²) in [6.07, 6.45) is 2.11. The highest BCUT2D eigenvalue weighted by Gasteiger charge is 2.39. The molecule has 5 heteroatoms. The number of halogens is 1. The van der Waals surface area contributed by atoms with Gasteiger partial charge in [0.1, 0.15) is 6.04 Å². The molecule has 0 aromatic heterocycles. The van der Waals surface area contributed by atoms with Gasteiger partial charge in [-0.15, -0.1) is 11.8 Å². The third-order valence-corrected chi connectivity index (χ3v) is 5.78. The Bertz CT molecular complexity index is 778. The van der Waals surface area contributed by atoms with Gasteiger partial charge < -0.3 is 5.11 Å². The van der Waals surface area contributed by atoms with Crippen LogP contribution >= 0.6 is 23.4 Å². The summed E-state index contributed by atoms with van der Waals surface area (Å²) in [5, 5.41) is 10.3. The molecular weight excluding hydrogens is 354 g/mol. The zero-order valence-corrected chi connectivity index (χ0v) is 15.5. The van der Waals surface area contributed by atoms with E-state index in [0.717, 1.165) is 16.7 Å². The Morgan fingerprint density at radius 1 is 1.28 bits per heavy atom. The first-order chi connectivity index (χ1) is 12.0. The van der Waals surface area contributed by atoms with Crippen molar-refractivity contribution in [2.45, 2.75) is 18.3 Å². The molecule has 1 N–H and O–H groups in total. The number of rotatable bonds is 5. The summed E-state index contributed by atoms with van der Waals surface area (Å²) in [6, 6.07) is 17.3. The normalized spacial score (nSPS) is 21.4. The molecule has 2 aromatic carbocycles. The molecule has 1 fully saturated rings. The van der Waals surface area contributed by atoms with Crippen molar-refractivity contribution in [1.29, 1.82) is 0 Å². The highest BCUT2D eigenvalue weighted by atomic mass is 35.5. The fraction of sp³-hybridized carbons (Fsp3) is 0.250. The fourth-order valence-electron chi connectivity index (χ4n) is 3.06. The topological polar surface area (TPSA) is 40.5 Å². The van der Waals surface area contributed by atoms with Crippen LogP contribution in [0.3, 0.4) is 0 Å². The molecule has 0 bridgehead atoms. The molecule has 1 aliphatic heterocycles. The lowest BCUT2D eigenvalue weighted by Crippen LogP contribution is -2.39. The van der Waals surface area contributed by atoms with Gasteiger partial charge in [0.25, 0.3) is 0 Å². The smallest absolute Gasteiger partial charge is 0.321 e. The number of aliphatic carboxylic acids is 1. The third-order valence-electron chi connectivity index (χ3n) is 4.18. The molecule has 25 heavy (non-hydrogen) atoms. The van der Waals surface area contributed by atoms with E-state index in [1.165, 1.54) is 0 Å². The van der Waals surface area contributed by atoms with Gasteiger partial charge in [0.2, 0.25) is 0 Å². The summed E-state index contributed by atoms with van der Waals surface area (Å²) in [7, 11) is 0. The number of nitrogens with zero attached hydrogens (tertiary/aromatic N) is 1. The third kappa shape index (κ3) is 4.46. The molecular formula is C20H20ClNO2S. The van der Waals surface area contributed by atoms with Crippen molar-refractivity contribution < 1.29 is 9.90 Å². The van der Waals surface area contributed by atoms with E-state index in [4.69, 9.17) is 11.6 Å². The van der Waals surface area contributed by atoms with E-state index in [1.807, 2.05) is 66.4 Å². The number of carboxylic acid groups (broad SMARTS) is 1. The molecule has 0 aliphatic carbocycles. The van der Waals surface area contributed by atoms with Gasteiger partial charge >= 0.3 is 5.97 Å². The lowest BCUT2D eigenvalue weighted by Gasteiger charge is -2.27. The van der Waals surface area contributed by atoms with Gasteiger partial charge in [-0.3, -0.25) is 9.69 Å². The van der Waals surface area contributed by atoms with E-state index in [9.17, 15) is 9.90 Å². The molecule has 1 aliphatic rings. The van der Waals surface area contributed by atoms with Gasteiger partial charge in [0, 0.05) is 17.3 Å². The van der Waals surface area contributed by atoms with Crippen molar-refractivity contribution >= 4 is 35.4 Å². The van der Waals surface area contributed by atoms with Crippen molar-refractivity contribution in [1.82, 2.24) is 4.90 Å². The minimum absolute atomic E-state index is 0.000997. The van der Waals surface area contributed by atoms with Crippen molar-refractivity contribution in [2.24, 2.45) is 0 Å². The predicted molar refractivity (Wildman–Crippen MR) is 105 cm³/mol. The van der Waals surface area contributed by atoms with Gasteiger partial charge in [-0.1, -0.05) is 65.7 Å². The van der Waals surface area contributed by atoms with Crippen LogP contribution < -0.4 is 0 Å². The van der Waals surface area contributed by atoms with E-state index < -0.39 is 12.0 Å². The minimum atomic E-state index is -0.774. The summed E-state index contributed by atoms with van der Waals surface area (Å²) >= 11 is 7.78. The Morgan fingerprint density at radius 2 is 2.04 bits per heavy atom. The predicted octanol–water partition coefficient (Wildman–Crippen LogP) is 4.94. The second-order valence-corrected chi connectivity index (χ2v) is 7.72. The van der Waals surface area contributed by atoms with E-state index in [-0.39, 0.29) is 5.37 Å². The number of thioether (sulfide) groups is 1. The zero-order valence-electron chi connectivity index (χ0n) is 13.9. The van der Waals surface area contributed by atoms with Crippen LogP contribution in [0.4, 0.5) is 0 Å². The number of carboxylic acids is 1. The molecule has 1 heterocycles. The zero-order chi connectivity index (χ0) is 17.8. The van der Waals surface area contributed by atoms with E-state index in [2.05, 4.69) is 6.08 Å². The van der Waals surface area contributed by atoms with E-state index in [0.29, 0.717) is 17.3 Å². The van der Waals surface area contributed by atoms with Crippen molar-refractivity contribution in [3.63, 3.8) is 0 Å². The maximum absolute atomic E-state index is 11.7. The Balaban J connectivity index is 1.85. The SMILES string of the molecule is C/C(=C\c1ccccc1)CN1C(C(=O)O)CSC1c1cccc(Cl)c1. The van der Waals surface area contributed by atoms with Crippen molar-refractivity contribution in [2.75, 3.05) is 12.3 Å². The Hall–Kier alpha value is -1.75. The second kappa shape index (κ2) is 8.09. The maximum atomic E-state index is 11.7. The number of benzene rings is 2. The highest BCUT2D eigenvalue weighted by molar-refractivity contribution is 7.99. The van der Waals surface area contributed by atoms with E-state index >= 15 is 0 Å². The number of hydrogen-bond acceptors (Lipinski definition) is 3. The van der Waals surface area contributed by atoms with Gasteiger partial charge in [0.05, 0.1) is 5.37 Å². The lowest BCUT2D eigenvalue weighted by atomic mass is 10.1. The van der Waals surface area contributed by atoms with Crippen LogP contribution in [0.25, 0.3) is 6.08 Å². The minimum Gasteiger partial charge on any atom is -0.480 e. The first-order valence-electron chi connectivity index (χ1n) is 8.12. The maximum Gasteiger partial charge on any atom is 0.321 e. The molecule has 0 spiro atoms. The van der Waals surface area contributed by atoms with Crippen LogP contribution in [-0.4, -0.2) is 34.3 Å². The van der Waals surface area contributed by atoms with E-state index in [1.54, 1.807) is 11.8 Å². The van der Waals surface area contributed by atoms with Gasteiger partial charge in [0.15, 0.2) is 0 Å². The fourth-order valence-corrected chi connectivity index (χ4v) is 4.71. The highest BCUT2D eigenvalue weighted by Crippen LogP contribution is 2.42. The summed E-state index contributed by atoms with van der Waals surface area (Å²) in [5.74, 6) is -0.199. The quantitative estimate of drug-likeness (QED) is 0.805.